The molecule has 0 atom stereocenters. The van der Waals surface area contributed by atoms with Gasteiger partial charge in [0, 0.05) is 17.7 Å². The molecule has 2 aromatic carbocycles. The summed E-state index contributed by atoms with van der Waals surface area (Å²) in [7, 11) is -3.64. The third-order valence-corrected chi connectivity index (χ3v) is 5.24. The summed E-state index contributed by atoms with van der Waals surface area (Å²) < 4.78 is 27.3. The zero-order valence-corrected chi connectivity index (χ0v) is 13.1. The van der Waals surface area contributed by atoms with Gasteiger partial charge in [0.15, 0.2) is 5.78 Å². The molecule has 114 valence electrons. The Morgan fingerprint density at radius 3 is 2.45 bits per heavy atom. The van der Waals surface area contributed by atoms with Gasteiger partial charge in [0.1, 0.15) is 0 Å². The normalized spacial score (nSPS) is 14.5. The molecule has 1 aliphatic carbocycles. The molecule has 5 heteroatoms. The largest absolute Gasteiger partial charge is 0.294 e. The van der Waals surface area contributed by atoms with Crippen LogP contribution < -0.4 is 4.72 Å². The van der Waals surface area contributed by atoms with E-state index in [4.69, 9.17) is 0 Å². The van der Waals surface area contributed by atoms with Gasteiger partial charge >= 0.3 is 0 Å². The Morgan fingerprint density at radius 2 is 1.73 bits per heavy atom. The van der Waals surface area contributed by atoms with E-state index in [0.29, 0.717) is 17.7 Å². The first kappa shape index (κ1) is 14.8. The maximum atomic E-state index is 12.4. The zero-order chi connectivity index (χ0) is 15.7. The van der Waals surface area contributed by atoms with E-state index in [9.17, 15) is 13.2 Å². The molecular weight excluding hydrogens is 298 g/mol. The van der Waals surface area contributed by atoms with E-state index in [1.807, 2.05) is 13.0 Å². The summed E-state index contributed by atoms with van der Waals surface area (Å²) in [5.74, 6) is 0.0811. The SMILES string of the molecule is Cc1ccc(S(=O)(=O)Nc2ccc3c(c2)C(=O)CCC3)cc1. The molecule has 0 aromatic heterocycles. The molecule has 0 saturated carbocycles. The van der Waals surface area contributed by atoms with Crippen LogP contribution in [0, 0.1) is 6.92 Å². The van der Waals surface area contributed by atoms with Crippen LogP contribution in [0.25, 0.3) is 0 Å². The summed E-state index contributed by atoms with van der Waals surface area (Å²) in [6, 6.07) is 11.8. The lowest BCUT2D eigenvalue weighted by molar-refractivity contribution is 0.0972. The summed E-state index contributed by atoms with van der Waals surface area (Å²) in [6.45, 7) is 1.90. The molecule has 0 heterocycles. The average Bonchev–Trinajstić information content (AvgIpc) is 2.48. The standard InChI is InChI=1S/C17H17NO3S/c1-12-5-9-15(10-6-12)22(20,21)18-14-8-7-13-3-2-4-17(19)16(13)11-14/h5-11,18H,2-4H2,1H3. The molecule has 1 N–H and O–H groups in total. The fourth-order valence-electron chi connectivity index (χ4n) is 2.62. The van der Waals surface area contributed by atoms with Crippen molar-refractivity contribution in [2.45, 2.75) is 31.1 Å². The summed E-state index contributed by atoms with van der Waals surface area (Å²) in [6.07, 6.45) is 2.26. The summed E-state index contributed by atoms with van der Waals surface area (Å²) in [5, 5.41) is 0. The molecular formula is C17H17NO3S. The lowest BCUT2D eigenvalue weighted by atomic mass is 9.90. The van der Waals surface area contributed by atoms with E-state index < -0.39 is 10.0 Å². The molecule has 0 saturated heterocycles. The molecule has 0 aliphatic heterocycles. The van der Waals surface area contributed by atoms with Crippen molar-refractivity contribution in [1.82, 2.24) is 0 Å². The van der Waals surface area contributed by atoms with Gasteiger partial charge in [0.2, 0.25) is 0 Å². The van der Waals surface area contributed by atoms with Gasteiger partial charge in [-0.25, -0.2) is 8.42 Å². The van der Waals surface area contributed by atoms with Gasteiger partial charge in [-0.2, -0.15) is 0 Å². The minimum Gasteiger partial charge on any atom is -0.294 e. The highest BCUT2D eigenvalue weighted by molar-refractivity contribution is 7.92. The first-order chi connectivity index (χ1) is 10.5. The van der Waals surface area contributed by atoms with Crippen molar-refractivity contribution in [2.75, 3.05) is 4.72 Å². The number of aryl methyl sites for hydroxylation is 2. The van der Waals surface area contributed by atoms with E-state index in [1.165, 1.54) is 0 Å². The number of Topliss-reactive ketones (excluding diaryl/α,β-unsaturated/α-hetero) is 1. The van der Waals surface area contributed by atoms with Crippen LogP contribution in [0.2, 0.25) is 0 Å². The molecule has 1 aliphatic rings. The minimum absolute atomic E-state index is 0.0811. The molecule has 0 fully saturated rings. The van der Waals surface area contributed by atoms with Crippen molar-refractivity contribution in [1.29, 1.82) is 0 Å². The number of carbonyl (C=O) groups is 1. The number of anilines is 1. The van der Waals surface area contributed by atoms with Crippen LogP contribution in [0.3, 0.4) is 0 Å². The molecule has 0 radical (unpaired) electrons. The van der Waals surface area contributed by atoms with Crippen LogP contribution >= 0.6 is 0 Å². The Morgan fingerprint density at radius 1 is 1.00 bits per heavy atom. The van der Waals surface area contributed by atoms with Crippen molar-refractivity contribution < 1.29 is 13.2 Å². The predicted molar refractivity (Wildman–Crippen MR) is 85.7 cm³/mol. The number of fused-ring (bicyclic) bond motifs is 1. The first-order valence-electron chi connectivity index (χ1n) is 7.21. The smallest absolute Gasteiger partial charge is 0.261 e. The van der Waals surface area contributed by atoms with Gasteiger partial charge in [-0.3, -0.25) is 9.52 Å². The van der Waals surface area contributed by atoms with Crippen LogP contribution in [0.5, 0.6) is 0 Å². The highest BCUT2D eigenvalue weighted by Crippen LogP contribution is 2.25. The lowest BCUT2D eigenvalue weighted by Gasteiger charge is -2.16. The highest BCUT2D eigenvalue weighted by atomic mass is 32.2. The monoisotopic (exact) mass is 315 g/mol. The Bertz CT molecular complexity index is 823. The molecule has 0 unspecified atom stereocenters. The number of hydrogen-bond acceptors (Lipinski definition) is 3. The number of nitrogens with one attached hydrogen (secondary N) is 1. The quantitative estimate of drug-likeness (QED) is 0.945. The van der Waals surface area contributed by atoms with Gasteiger partial charge in [0.05, 0.1) is 4.90 Å². The highest BCUT2D eigenvalue weighted by Gasteiger charge is 2.19. The van der Waals surface area contributed by atoms with Crippen LogP contribution in [-0.2, 0) is 16.4 Å². The van der Waals surface area contributed by atoms with Crippen molar-refractivity contribution in [3.8, 4) is 0 Å². The van der Waals surface area contributed by atoms with E-state index >= 15 is 0 Å². The summed E-state index contributed by atoms with van der Waals surface area (Å²) in [5.41, 5.74) is 3.05. The fraction of sp³-hybridized carbons (Fsp3) is 0.235. The molecule has 0 amide bonds. The van der Waals surface area contributed by atoms with Crippen molar-refractivity contribution in [2.24, 2.45) is 0 Å². The summed E-state index contributed by atoms with van der Waals surface area (Å²) in [4.78, 5) is 12.1. The first-order valence-corrected chi connectivity index (χ1v) is 8.70. The van der Waals surface area contributed by atoms with Gasteiger partial charge in [0.25, 0.3) is 10.0 Å². The summed E-state index contributed by atoms with van der Waals surface area (Å²) >= 11 is 0. The van der Waals surface area contributed by atoms with Crippen LogP contribution in [0.1, 0.15) is 34.3 Å². The molecule has 0 bridgehead atoms. The van der Waals surface area contributed by atoms with Gasteiger partial charge in [-0.1, -0.05) is 23.8 Å². The molecule has 2 aromatic rings. The van der Waals surface area contributed by atoms with Gasteiger partial charge in [-0.05, 0) is 49.6 Å². The molecule has 4 nitrogen and oxygen atoms in total. The lowest BCUT2D eigenvalue weighted by Crippen LogP contribution is -2.15. The maximum Gasteiger partial charge on any atom is 0.261 e. The van der Waals surface area contributed by atoms with Gasteiger partial charge in [-0.15, -0.1) is 0 Å². The van der Waals surface area contributed by atoms with E-state index in [0.717, 1.165) is 24.0 Å². The van der Waals surface area contributed by atoms with Crippen LogP contribution in [-0.4, -0.2) is 14.2 Å². The third-order valence-electron chi connectivity index (χ3n) is 3.84. The topological polar surface area (TPSA) is 63.2 Å². The fourth-order valence-corrected chi connectivity index (χ4v) is 3.67. The number of rotatable bonds is 3. The Balaban J connectivity index is 1.91. The van der Waals surface area contributed by atoms with Crippen molar-refractivity contribution in [3.63, 3.8) is 0 Å². The second kappa shape index (κ2) is 5.57. The van der Waals surface area contributed by atoms with Gasteiger partial charge < -0.3 is 0 Å². The minimum atomic E-state index is -3.64. The van der Waals surface area contributed by atoms with Crippen LogP contribution in [0.15, 0.2) is 47.4 Å². The molecule has 0 spiro atoms. The Hall–Kier alpha value is -2.14. The second-order valence-electron chi connectivity index (χ2n) is 5.57. The average molecular weight is 315 g/mol. The van der Waals surface area contributed by atoms with E-state index in [2.05, 4.69) is 4.72 Å². The second-order valence-corrected chi connectivity index (χ2v) is 7.25. The Kier molecular flexibility index (Phi) is 3.74. The van der Waals surface area contributed by atoms with E-state index in [1.54, 1.807) is 36.4 Å². The zero-order valence-electron chi connectivity index (χ0n) is 12.3. The number of carbonyl (C=O) groups excluding carboxylic acids is 1. The van der Waals surface area contributed by atoms with Crippen molar-refractivity contribution >= 4 is 21.5 Å². The maximum absolute atomic E-state index is 12.4. The number of hydrogen-bond donors (Lipinski definition) is 1. The Labute approximate surface area is 130 Å². The number of ketones is 1. The molecule has 22 heavy (non-hydrogen) atoms. The van der Waals surface area contributed by atoms with E-state index in [-0.39, 0.29) is 10.7 Å². The number of benzene rings is 2. The molecule has 3 rings (SSSR count). The predicted octanol–water partition coefficient (Wildman–Crippen LogP) is 3.31. The third kappa shape index (κ3) is 2.90. The number of sulfonamides is 1. The van der Waals surface area contributed by atoms with Crippen LogP contribution in [0.4, 0.5) is 5.69 Å². The van der Waals surface area contributed by atoms with Crippen molar-refractivity contribution in [3.05, 3.63) is 59.2 Å².